The molecule has 0 aromatic heterocycles. The van der Waals surface area contributed by atoms with Crippen LogP contribution in [0.2, 0.25) is 18.1 Å². The van der Waals surface area contributed by atoms with Crippen LogP contribution in [0.3, 0.4) is 0 Å². The molecule has 1 aromatic carbocycles. The smallest absolute Gasteiger partial charge is 0.193 e. The van der Waals surface area contributed by atoms with E-state index in [1.165, 1.54) is 0 Å². The molecular formula is C17H30O3Si. The van der Waals surface area contributed by atoms with Crippen LogP contribution in [0.15, 0.2) is 30.3 Å². The lowest BCUT2D eigenvalue weighted by Gasteiger charge is -2.41. The summed E-state index contributed by atoms with van der Waals surface area (Å²) in [6.45, 7) is 13.6. The first-order chi connectivity index (χ1) is 9.73. The summed E-state index contributed by atoms with van der Waals surface area (Å²) in [5.41, 5.74) is 1.06. The van der Waals surface area contributed by atoms with Crippen molar-refractivity contribution < 1.29 is 14.3 Å². The largest absolute Gasteiger partial charge is 0.407 e. The predicted molar refractivity (Wildman–Crippen MR) is 90.0 cm³/mol. The Morgan fingerprint density at radius 1 is 1.14 bits per heavy atom. The standard InChI is InChI=1S/C17H30O3Si/c1-7-19-15(13-18)16(14-11-9-8-10-12-14)20-21(5,6)17(2,3)4/h8-12,15-16,18H,7,13H2,1-6H3/t15-,16+/m0/s1. The van der Waals surface area contributed by atoms with Gasteiger partial charge >= 0.3 is 0 Å². The summed E-state index contributed by atoms with van der Waals surface area (Å²) in [5.74, 6) is 0. The van der Waals surface area contributed by atoms with E-state index in [4.69, 9.17) is 9.16 Å². The number of rotatable bonds is 7. The molecule has 0 saturated carbocycles. The molecular weight excluding hydrogens is 280 g/mol. The molecule has 4 heteroatoms. The second-order valence-electron chi connectivity index (χ2n) is 6.89. The summed E-state index contributed by atoms with van der Waals surface area (Å²) in [5, 5.41) is 9.82. The topological polar surface area (TPSA) is 38.7 Å². The normalized spacial score (nSPS) is 15.8. The lowest BCUT2D eigenvalue weighted by Crippen LogP contribution is -2.45. The van der Waals surface area contributed by atoms with E-state index in [1.54, 1.807) is 0 Å². The van der Waals surface area contributed by atoms with Crippen molar-refractivity contribution in [3.63, 3.8) is 0 Å². The van der Waals surface area contributed by atoms with Crippen LogP contribution in [0.5, 0.6) is 0 Å². The highest BCUT2D eigenvalue weighted by atomic mass is 28.4. The highest BCUT2D eigenvalue weighted by Gasteiger charge is 2.41. The van der Waals surface area contributed by atoms with E-state index < -0.39 is 8.32 Å². The molecule has 1 rings (SSSR count). The minimum absolute atomic E-state index is 0.0397. The van der Waals surface area contributed by atoms with Crippen molar-refractivity contribution in [2.24, 2.45) is 0 Å². The third-order valence-electron chi connectivity index (χ3n) is 4.25. The van der Waals surface area contributed by atoms with Crippen molar-refractivity contribution in [1.82, 2.24) is 0 Å². The summed E-state index contributed by atoms with van der Waals surface area (Å²) in [6, 6.07) is 10.1. The van der Waals surface area contributed by atoms with Gasteiger partial charge in [-0.15, -0.1) is 0 Å². The molecule has 21 heavy (non-hydrogen) atoms. The van der Waals surface area contributed by atoms with Gasteiger partial charge in [-0.25, -0.2) is 0 Å². The molecule has 0 aliphatic rings. The second-order valence-corrected chi connectivity index (χ2v) is 11.6. The molecule has 2 atom stereocenters. The van der Waals surface area contributed by atoms with Crippen molar-refractivity contribution in [3.05, 3.63) is 35.9 Å². The van der Waals surface area contributed by atoms with Crippen LogP contribution in [0.4, 0.5) is 0 Å². The fraction of sp³-hybridized carbons (Fsp3) is 0.647. The van der Waals surface area contributed by atoms with E-state index in [-0.39, 0.29) is 23.9 Å². The lowest BCUT2D eigenvalue weighted by molar-refractivity contribution is -0.0550. The van der Waals surface area contributed by atoms with Crippen molar-refractivity contribution in [2.45, 2.75) is 58.0 Å². The highest BCUT2D eigenvalue weighted by Crippen LogP contribution is 2.40. The Kier molecular flexibility index (Phi) is 6.59. The molecule has 0 heterocycles. The highest BCUT2D eigenvalue weighted by molar-refractivity contribution is 6.74. The minimum atomic E-state index is -1.95. The van der Waals surface area contributed by atoms with Gasteiger partial charge in [-0.1, -0.05) is 51.1 Å². The average Bonchev–Trinajstić information content (AvgIpc) is 2.42. The summed E-state index contributed by atoms with van der Waals surface area (Å²) in [6.07, 6.45) is -0.552. The van der Waals surface area contributed by atoms with Crippen molar-refractivity contribution in [3.8, 4) is 0 Å². The fourth-order valence-corrected chi connectivity index (χ4v) is 3.22. The fourth-order valence-electron chi connectivity index (χ4n) is 1.95. The second kappa shape index (κ2) is 7.54. The van der Waals surface area contributed by atoms with Gasteiger partial charge in [-0.3, -0.25) is 0 Å². The van der Waals surface area contributed by atoms with Crippen LogP contribution in [-0.4, -0.2) is 32.7 Å². The summed E-state index contributed by atoms with van der Waals surface area (Å²) < 4.78 is 12.3. The number of aliphatic hydroxyl groups is 1. The molecule has 1 N–H and O–H groups in total. The van der Waals surface area contributed by atoms with E-state index in [1.807, 2.05) is 37.3 Å². The van der Waals surface area contributed by atoms with Gasteiger partial charge < -0.3 is 14.3 Å². The average molecular weight is 311 g/mol. The first-order valence-electron chi connectivity index (χ1n) is 7.68. The van der Waals surface area contributed by atoms with E-state index in [2.05, 4.69) is 33.9 Å². The third kappa shape index (κ3) is 4.92. The van der Waals surface area contributed by atoms with Gasteiger partial charge in [0.2, 0.25) is 0 Å². The molecule has 0 bridgehead atoms. The Labute approximate surface area is 130 Å². The zero-order valence-corrected chi connectivity index (χ0v) is 15.2. The van der Waals surface area contributed by atoms with E-state index in [0.717, 1.165) is 5.56 Å². The molecule has 1 aromatic rings. The number of ether oxygens (including phenoxy) is 1. The minimum Gasteiger partial charge on any atom is -0.407 e. The van der Waals surface area contributed by atoms with Crippen LogP contribution >= 0.6 is 0 Å². The number of hydrogen-bond donors (Lipinski definition) is 1. The Balaban J connectivity index is 3.08. The Bertz CT molecular complexity index is 412. The maximum absolute atomic E-state index is 9.70. The summed E-state index contributed by atoms with van der Waals surface area (Å²) >= 11 is 0. The van der Waals surface area contributed by atoms with Gasteiger partial charge in [-0.05, 0) is 30.6 Å². The Morgan fingerprint density at radius 2 is 1.71 bits per heavy atom. The lowest BCUT2D eigenvalue weighted by atomic mass is 10.1. The van der Waals surface area contributed by atoms with E-state index in [0.29, 0.717) is 6.61 Å². The summed E-state index contributed by atoms with van der Waals surface area (Å²) in [4.78, 5) is 0. The molecule has 0 aliphatic carbocycles. The van der Waals surface area contributed by atoms with Crippen LogP contribution in [0.1, 0.15) is 39.4 Å². The first-order valence-corrected chi connectivity index (χ1v) is 10.6. The quantitative estimate of drug-likeness (QED) is 0.769. The van der Waals surface area contributed by atoms with Gasteiger partial charge in [0.15, 0.2) is 8.32 Å². The molecule has 0 radical (unpaired) electrons. The third-order valence-corrected chi connectivity index (χ3v) is 8.71. The molecule has 0 fully saturated rings. The maximum Gasteiger partial charge on any atom is 0.193 e. The number of aliphatic hydroxyl groups excluding tert-OH is 1. The summed E-state index contributed by atoms with van der Waals surface area (Å²) in [7, 11) is -1.95. The van der Waals surface area contributed by atoms with Crippen molar-refractivity contribution in [2.75, 3.05) is 13.2 Å². The van der Waals surface area contributed by atoms with Gasteiger partial charge in [-0.2, -0.15) is 0 Å². The van der Waals surface area contributed by atoms with Crippen LogP contribution in [-0.2, 0) is 9.16 Å². The van der Waals surface area contributed by atoms with Crippen molar-refractivity contribution in [1.29, 1.82) is 0 Å². The van der Waals surface area contributed by atoms with Crippen LogP contribution in [0.25, 0.3) is 0 Å². The van der Waals surface area contributed by atoms with E-state index in [9.17, 15) is 5.11 Å². The molecule has 0 amide bonds. The number of hydrogen-bond acceptors (Lipinski definition) is 3. The Morgan fingerprint density at radius 3 is 2.14 bits per heavy atom. The molecule has 0 saturated heterocycles. The molecule has 0 spiro atoms. The van der Waals surface area contributed by atoms with Crippen LogP contribution < -0.4 is 0 Å². The molecule has 120 valence electrons. The number of benzene rings is 1. The molecule has 0 unspecified atom stereocenters. The first kappa shape index (κ1) is 18.4. The van der Waals surface area contributed by atoms with Gasteiger partial charge in [0.25, 0.3) is 0 Å². The monoisotopic (exact) mass is 310 g/mol. The zero-order chi connectivity index (χ0) is 16.1. The van der Waals surface area contributed by atoms with Gasteiger partial charge in [0.1, 0.15) is 6.10 Å². The molecule has 3 nitrogen and oxygen atoms in total. The SMILES string of the molecule is CCO[C@@H](CO)[C@H](O[Si](C)(C)C(C)(C)C)c1ccccc1. The van der Waals surface area contributed by atoms with Gasteiger partial charge in [0.05, 0.1) is 12.7 Å². The maximum atomic E-state index is 9.70. The predicted octanol–water partition coefficient (Wildman–Crippen LogP) is 4.15. The van der Waals surface area contributed by atoms with Gasteiger partial charge in [0, 0.05) is 6.61 Å². The zero-order valence-electron chi connectivity index (χ0n) is 14.2. The Hall–Kier alpha value is -0.683. The van der Waals surface area contributed by atoms with E-state index >= 15 is 0 Å². The molecule has 0 aliphatic heterocycles. The van der Waals surface area contributed by atoms with Crippen LogP contribution in [0, 0.1) is 0 Å². The van der Waals surface area contributed by atoms with Crippen molar-refractivity contribution >= 4 is 8.32 Å².